The number of nitriles is 1. The van der Waals surface area contributed by atoms with Crippen molar-refractivity contribution in [1.29, 1.82) is 5.26 Å². The van der Waals surface area contributed by atoms with Crippen LogP contribution in [0.15, 0.2) is 18.3 Å². The van der Waals surface area contributed by atoms with Crippen LogP contribution in [-0.4, -0.2) is 23.6 Å². The van der Waals surface area contributed by atoms with Crippen molar-refractivity contribution >= 4 is 5.69 Å². The zero-order valence-electron chi connectivity index (χ0n) is 10.8. The third-order valence-corrected chi connectivity index (χ3v) is 3.72. The number of hydrogen-bond acceptors (Lipinski definition) is 4. The molecule has 0 radical (unpaired) electrons. The average Bonchev–Trinajstić information content (AvgIpc) is 2.42. The molecular formula is C14H20N4. The van der Waals surface area contributed by atoms with Crippen LogP contribution in [0.1, 0.15) is 38.3 Å². The Balaban J connectivity index is 2.10. The van der Waals surface area contributed by atoms with Gasteiger partial charge in [-0.25, -0.2) is 4.98 Å². The lowest BCUT2D eigenvalue weighted by molar-refractivity contribution is 0.378. The maximum Gasteiger partial charge on any atom is 0.140 e. The van der Waals surface area contributed by atoms with Crippen LogP contribution >= 0.6 is 0 Å². The lowest BCUT2D eigenvalue weighted by Gasteiger charge is -2.36. The maximum atomic E-state index is 8.76. The molecule has 0 spiro atoms. The molecule has 0 atom stereocenters. The fourth-order valence-electron chi connectivity index (χ4n) is 2.69. The lowest BCUT2D eigenvalue weighted by Crippen LogP contribution is -2.41. The molecule has 1 fully saturated rings. The predicted molar refractivity (Wildman–Crippen MR) is 72.2 cm³/mol. The Hall–Kier alpha value is -1.60. The van der Waals surface area contributed by atoms with Crippen molar-refractivity contribution in [3.8, 4) is 6.07 Å². The summed E-state index contributed by atoms with van der Waals surface area (Å²) in [5, 5.41) is 8.76. The molecule has 0 bridgehead atoms. The van der Waals surface area contributed by atoms with E-state index in [-0.39, 0.29) is 0 Å². The van der Waals surface area contributed by atoms with E-state index >= 15 is 0 Å². The molecule has 18 heavy (non-hydrogen) atoms. The quantitative estimate of drug-likeness (QED) is 0.883. The Morgan fingerprint density at radius 3 is 2.61 bits per heavy atom. The van der Waals surface area contributed by atoms with Gasteiger partial charge in [-0.3, -0.25) is 0 Å². The first-order valence-corrected chi connectivity index (χ1v) is 6.63. The van der Waals surface area contributed by atoms with E-state index in [1.807, 2.05) is 6.07 Å². The van der Waals surface area contributed by atoms with Crippen LogP contribution in [-0.2, 0) is 0 Å². The molecule has 4 heteroatoms. The van der Waals surface area contributed by atoms with Gasteiger partial charge in [0.05, 0.1) is 11.9 Å². The van der Waals surface area contributed by atoms with Gasteiger partial charge < -0.3 is 10.6 Å². The molecule has 1 aliphatic carbocycles. The highest BCUT2D eigenvalue weighted by molar-refractivity contribution is 5.46. The lowest BCUT2D eigenvalue weighted by atomic mass is 9.90. The van der Waals surface area contributed by atoms with E-state index in [1.165, 1.54) is 0 Å². The third kappa shape index (κ3) is 2.80. The van der Waals surface area contributed by atoms with E-state index < -0.39 is 0 Å². The molecule has 1 aliphatic rings. The standard InChI is InChI=1S/C14H20N4/c1-2-18(13-6-3-11(16)4-7-13)14-8-5-12(9-15)17-10-14/h5,8,10-11,13H,2-4,6-7,16H2,1H3. The highest BCUT2D eigenvalue weighted by atomic mass is 15.2. The minimum absolute atomic E-state index is 0.374. The summed E-state index contributed by atoms with van der Waals surface area (Å²) in [6, 6.07) is 6.76. The Morgan fingerprint density at radius 1 is 1.39 bits per heavy atom. The number of anilines is 1. The SMILES string of the molecule is CCN(c1ccc(C#N)nc1)C1CCC(N)CC1. The van der Waals surface area contributed by atoms with Gasteiger partial charge in [-0.15, -0.1) is 0 Å². The average molecular weight is 244 g/mol. The summed E-state index contributed by atoms with van der Waals surface area (Å²) >= 11 is 0. The fourth-order valence-corrected chi connectivity index (χ4v) is 2.69. The fraction of sp³-hybridized carbons (Fsp3) is 0.571. The van der Waals surface area contributed by atoms with Crippen LogP contribution in [0.25, 0.3) is 0 Å². The highest BCUT2D eigenvalue weighted by Crippen LogP contribution is 2.26. The zero-order chi connectivity index (χ0) is 13.0. The number of pyridine rings is 1. The minimum atomic E-state index is 0.374. The first-order chi connectivity index (χ1) is 8.74. The van der Waals surface area contributed by atoms with E-state index in [4.69, 9.17) is 11.0 Å². The van der Waals surface area contributed by atoms with Crippen molar-refractivity contribution in [3.63, 3.8) is 0 Å². The Morgan fingerprint density at radius 2 is 2.11 bits per heavy atom. The molecule has 1 aromatic rings. The van der Waals surface area contributed by atoms with Gasteiger partial charge in [0.2, 0.25) is 0 Å². The van der Waals surface area contributed by atoms with Crippen molar-refractivity contribution in [1.82, 2.24) is 4.98 Å². The topological polar surface area (TPSA) is 65.9 Å². The molecule has 4 nitrogen and oxygen atoms in total. The highest BCUT2D eigenvalue weighted by Gasteiger charge is 2.23. The molecule has 2 rings (SSSR count). The van der Waals surface area contributed by atoms with Gasteiger partial charge in [0, 0.05) is 18.6 Å². The van der Waals surface area contributed by atoms with Gasteiger partial charge in [-0.1, -0.05) is 0 Å². The molecule has 0 amide bonds. The first kappa shape index (κ1) is 12.8. The summed E-state index contributed by atoms with van der Waals surface area (Å²) in [7, 11) is 0. The predicted octanol–water partition coefficient (Wildman–Crippen LogP) is 2.05. The molecule has 0 aromatic carbocycles. The maximum absolute atomic E-state index is 8.76. The summed E-state index contributed by atoms with van der Waals surface area (Å²) in [6.07, 6.45) is 6.30. The van der Waals surface area contributed by atoms with Gasteiger partial charge in [-0.05, 0) is 44.7 Å². The normalized spacial score (nSPS) is 23.4. The van der Waals surface area contributed by atoms with Crippen LogP contribution in [0.3, 0.4) is 0 Å². The second-order valence-electron chi connectivity index (χ2n) is 4.87. The molecule has 1 heterocycles. The zero-order valence-corrected chi connectivity index (χ0v) is 10.8. The Labute approximate surface area is 108 Å². The van der Waals surface area contributed by atoms with Gasteiger partial charge in [-0.2, -0.15) is 5.26 Å². The van der Waals surface area contributed by atoms with Gasteiger partial charge in [0.25, 0.3) is 0 Å². The first-order valence-electron chi connectivity index (χ1n) is 6.63. The van der Waals surface area contributed by atoms with E-state index in [0.29, 0.717) is 17.8 Å². The Bertz CT molecular complexity index is 412. The number of aromatic nitrogens is 1. The van der Waals surface area contributed by atoms with Crippen LogP contribution in [0.4, 0.5) is 5.69 Å². The Kier molecular flexibility index (Phi) is 4.16. The molecule has 0 saturated heterocycles. The van der Waals surface area contributed by atoms with E-state index in [2.05, 4.69) is 22.9 Å². The van der Waals surface area contributed by atoms with E-state index in [0.717, 1.165) is 37.9 Å². The second-order valence-corrected chi connectivity index (χ2v) is 4.87. The number of nitrogens with zero attached hydrogens (tertiary/aromatic N) is 3. The molecule has 1 saturated carbocycles. The molecule has 1 aromatic heterocycles. The molecular weight excluding hydrogens is 224 g/mol. The van der Waals surface area contributed by atoms with Crippen LogP contribution in [0, 0.1) is 11.3 Å². The molecule has 96 valence electrons. The molecule has 0 unspecified atom stereocenters. The third-order valence-electron chi connectivity index (χ3n) is 3.72. The van der Waals surface area contributed by atoms with Gasteiger partial charge in [0.15, 0.2) is 0 Å². The van der Waals surface area contributed by atoms with E-state index in [1.54, 1.807) is 12.3 Å². The summed E-state index contributed by atoms with van der Waals surface area (Å²) in [5.41, 5.74) is 7.53. The second kappa shape index (κ2) is 5.83. The van der Waals surface area contributed by atoms with Crippen LogP contribution < -0.4 is 10.6 Å². The number of hydrogen-bond donors (Lipinski definition) is 1. The summed E-state index contributed by atoms with van der Waals surface area (Å²) < 4.78 is 0. The van der Waals surface area contributed by atoms with Crippen molar-refractivity contribution in [3.05, 3.63) is 24.0 Å². The summed E-state index contributed by atoms with van der Waals surface area (Å²) in [5.74, 6) is 0. The summed E-state index contributed by atoms with van der Waals surface area (Å²) in [6.45, 7) is 3.13. The van der Waals surface area contributed by atoms with Crippen molar-refractivity contribution < 1.29 is 0 Å². The van der Waals surface area contributed by atoms with Crippen molar-refractivity contribution in [2.45, 2.75) is 44.7 Å². The largest absolute Gasteiger partial charge is 0.368 e. The van der Waals surface area contributed by atoms with Crippen LogP contribution in [0.5, 0.6) is 0 Å². The summed E-state index contributed by atoms with van der Waals surface area (Å²) in [4.78, 5) is 6.52. The smallest absolute Gasteiger partial charge is 0.140 e. The van der Waals surface area contributed by atoms with Crippen LogP contribution in [0.2, 0.25) is 0 Å². The van der Waals surface area contributed by atoms with Crippen molar-refractivity contribution in [2.75, 3.05) is 11.4 Å². The number of nitrogens with two attached hydrogens (primary N) is 1. The molecule has 2 N–H and O–H groups in total. The van der Waals surface area contributed by atoms with Gasteiger partial charge in [0.1, 0.15) is 11.8 Å². The van der Waals surface area contributed by atoms with Crippen molar-refractivity contribution in [2.24, 2.45) is 5.73 Å². The van der Waals surface area contributed by atoms with E-state index in [9.17, 15) is 0 Å². The number of rotatable bonds is 3. The minimum Gasteiger partial charge on any atom is -0.368 e. The molecule has 0 aliphatic heterocycles. The van der Waals surface area contributed by atoms with Gasteiger partial charge >= 0.3 is 0 Å². The monoisotopic (exact) mass is 244 g/mol.